The fourth-order valence-corrected chi connectivity index (χ4v) is 1.74. The lowest BCUT2D eigenvalue weighted by atomic mass is 10.1. The van der Waals surface area contributed by atoms with Crippen LogP contribution in [0.15, 0.2) is 11.8 Å². The van der Waals surface area contributed by atoms with Crippen LogP contribution in [0.2, 0.25) is 0 Å². The Labute approximate surface area is 87.9 Å². The molecule has 2 nitrogen and oxygen atoms in total. The van der Waals surface area contributed by atoms with E-state index in [9.17, 15) is 0 Å². The first-order chi connectivity index (χ1) is 6.63. The van der Waals surface area contributed by atoms with Crippen molar-refractivity contribution in [3.8, 4) is 0 Å². The molecule has 0 aliphatic carbocycles. The lowest BCUT2D eigenvalue weighted by molar-refractivity contribution is 0.126. The Morgan fingerprint density at radius 2 is 2.29 bits per heavy atom. The molecule has 1 aliphatic rings. The minimum Gasteiger partial charge on any atom is -0.497 e. The third-order valence-electron chi connectivity index (χ3n) is 2.72. The quantitative estimate of drug-likeness (QED) is 0.687. The molecular formula is C12H23NO. The molecule has 82 valence electrons. The van der Waals surface area contributed by atoms with Crippen LogP contribution < -0.4 is 0 Å². The highest BCUT2D eigenvalue weighted by atomic mass is 16.5. The van der Waals surface area contributed by atoms with Crippen LogP contribution >= 0.6 is 0 Å². The second-order valence-corrected chi connectivity index (χ2v) is 4.59. The number of ether oxygens (including phenoxy) is 1. The van der Waals surface area contributed by atoms with Gasteiger partial charge in [0.2, 0.25) is 0 Å². The van der Waals surface area contributed by atoms with Crippen LogP contribution in [-0.2, 0) is 4.74 Å². The number of rotatable bonds is 4. The van der Waals surface area contributed by atoms with Crippen molar-refractivity contribution in [2.75, 3.05) is 20.2 Å². The summed E-state index contributed by atoms with van der Waals surface area (Å²) in [6.45, 7) is 8.43. The van der Waals surface area contributed by atoms with Gasteiger partial charge in [-0.25, -0.2) is 0 Å². The third-order valence-corrected chi connectivity index (χ3v) is 2.72. The van der Waals surface area contributed by atoms with Crippen molar-refractivity contribution in [1.82, 2.24) is 4.90 Å². The minimum absolute atomic E-state index is 0.616. The van der Waals surface area contributed by atoms with Crippen molar-refractivity contribution in [3.63, 3.8) is 0 Å². The maximum Gasteiger partial charge on any atom is 0.106 e. The highest BCUT2D eigenvalue weighted by molar-refractivity contribution is 5.03. The van der Waals surface area contributed by atoms with Gasteiger partial charge in [0.05, 0.1) is 13.2 Å². The Morgan fingerprint density at radius 3 is 2.79 bits per heavy atom. The van der Waals surface area contributed by atoms with Gasteiger partial charge in [0.25, 0.3) is 0 Å². The van der Waals surface area contributed by atoms with E-state index < -0.39 is 0 Å². The molecule has 14 heavy (non-hydrogen) atoms. The van der Waals surface area contributed by atoms with Gasteiger partial charge in [-0.15, -0.1) is 0 Å². The number of hydrogen-bond acceptors (Lipinski definition) is 2. The second kappa shape index (κ2) is 5.40. The molecule has 1 rings (SSSR count). The average Bonchev–Trinajstić information content (AvgIpc) is 2.15. The second-order valence-electron chi connectivity index (χ2n) is 4.59. The Balaban J connectivity index is 2.38. The van der Waals surface area contributed by atoms with Crippen LogP contribution in [0.4, 0.5) is 0 Å². The summed E-state index contributed by atoms with van der Waals surface area (Å²) in [5.41, 5.74) is 0. The first-order valence-electron chi connectivity index (χ1n) is 5.65. The molecule has 0 aromatic carbocycles. The Bertz CT molecular complexity index is 198. The van der Waals surface area contributed by atoms with Crippen LogP contribution in [0.5, 0.6) is 0 Å². The molecule has 0 saturated heterocycles. The monoisotopic (exact) mass is 197 g/mol. The molecule has 0 aromatic rings. The molecule has 0 spiro atoms. The van der Waals surface area contributed by atoms with E-state index in [1.165, 1.54) is 6.42 Å². The van der Waals surface area contributed by atoms with Crippen LogP contribution in [0.1, 0.15) is 33.6 Å². The molecule has 0 amide bonds. The zero-order valence-electron chi connectivity index (χ0n) is 9.92. The van der Waals surface area contributed by atoms with Crippen molar-refractivity contribution in [2.24, 2.45) is 5.92 Å². The normalized spacial score (nSPS) is 23.8. The number of likely N-dealkylation sites (N-methyl/N-ethyl adjacent to an activating group) is 1. The van der Waals surface area contributed by atoms with E-state index in [4.69, 9.17) is 4.74 Å². The van der Waals surface area contributed by atoms with Gasteiger partial charge in [-0.05, 0) is 31.9 Å². The maximum absolute atomic E-state index is 5.73. The average molecular weight is 197 g/mol. The van der Waals surface area contributed by atoms with Crippen molar-refractivity contribution >= 4 is 0 Å². The van der Waals surface area contributed by atoms with E-state index in [1.54, 1.807) is 0 Å². The van der Waals surface area contributed by atoms with E-state index >= 15 is 0 Å². The third kappa shape index (κ3) is 3.33. The lowest BCUT2D eigenvalue weighted by Crippen LogP contribution is -2.36. The van der Waals surface area contributed by atoms with Crippen LogP contribution in [0.3, 0.4) is 0 Å². The topological polar surface area (TPSA) is 12.5 Å². The fourth-order valence-electron chi connectivity index (χ4n) is 1.74. The fraction of sp³-hybridized carbons (Fsp3) is 0.833. The Hall–Kier alpha value is -0.500. The van der Waals surface area contributed by atoms with Gasteiger partial charge in [-0.1, -0.05) is 20.8 Å². The van der Waals surface area contributed by atoms with E-state index in [-0.39, 0.29) is 0 Å². The number of nitrogens with zero attached hydrogens (tertiary/aromatic N) is 1. The van der Waals surface area contributed by atoms with Gasteiger partial charge < -0.3 is 4.74 Å². The highest BCUT2D eigenvalue weighted by Gasteiger charge is 2.18. The Morgan fingerprint density at radius 1 is 1.57 bits per heavy atom. The molecule has 1 aliphatic heterocycles. The summed E-state index contributed by atoms with van der Waals surface area (Å²) >= 11 is 0. The van der Waals surface area contributed by atoms with Crippen molar-refractivity contribution in [3.05, 3.63) is 11.8 Å². The smallest absolute Gasteiger partial charge is 0.106 e. The standard InChI is InChI=1S/C12H23NO/c1-5-11-6-7-12(8-13(11)4)14-9-10(2)3/h7,10-11H,5-6,8-9H2,1-4H3. The molecule has 1 atom stereocenters. The van der Waals surface area contributed by atoms with Gasteiger partial charge in [-0.2, -0.15) is 0 Å². The van der Waals surface area contributed by atoms with E-state index in [0.717, 1.165) is 25.3 Å². The minimum atomic E-state index is 0.616. The first-order valence-corrected chi connectivity index (χ1v) is 5.65. The van der Waals surface area contributed by atoms with Crippen molar-refractivity contribution < 1.29 is 4.74 Å². The molecule has 0 radical (unpaired) electrons. The van der Waals surface area contributed by atoms with Gasteiger partial charge in [0.1, 0.15) is 5.76 Å². The van der Waals surface area contributed by atoms with Gasteiger partial charge >= 0.3 is 0 Å². The largest absolute Gasteiger partial charge is 0.497 e. The predicted octanol–water partition coefficient (Wildman–Crippen LogP) is 2.66. The molecule has 1 unspecified atom stereocenters. The van der Waals surface area contributed by atoms with Crippen molar-refractivity contribution in [2.45, 2.75) is 39.7 Å². The van der Waals surface area contributed by atoms with Gasteiger partial charge in [0, 0.05) is 6.04 Å². The van der Waals surface area contributed by atoms with Gasteiger partial charge in [-0.3, -0.25) is 4.90 Å². The molecular weight excluding hydrogens is 174 g/mol. The summed E-state index contributed by atoms with van der Waals surface area (Å²) in [7, 11) is 2.18. The van der Waals surface area contributed by atoms with Crippen LogP contribution in [-0.4, -0.2) is 31.1 Å². The SMILES string of the molecule is CCC1CC=C(OCC(C)C)CN1C. The zero-order chi connectivity index (χ0) is 10.6. The molecule has 0 bridgehead atoms. The first kappa shape index (κ1) is 11.6. The summed E-state index contributed by atoms with van der Waals surface area (Å²) in [4.78, 5) is 2.38. The van der Waals surface area contributed by atoms with Crippen LogP contribution in [0.25, 0.3) is 0 Å². The molecule has 0 aromatic heterocycles. The summed E-state index contributed by atoms with van der Waals surface area (Å²) in [6.07, 6.45) is 4.63. The van der Waals surface area contributed by atoms with Gasteiger partial charge in [0.15, 0.2) is 0 Å². The van der Waals surface area contributed by atoms with E-state index in [2.05, 4.69) is 38.8 Å². The lowest BCUT2D eigenvalue weighted by Gasteiger charge is -2.31. The molecule has 0 fully saturated rings. The molecule has 0 N–H and O–H groups in total. The summed E-state index contributed by atoms with van der Waals surface area (Å²) in [6, 6.07) is 0.710. The van der Waals surface area contributed by atoms with E-state index in [1.807, 2.05) is 0 Å². The predicted molar refractivity (Wildman–Crippen MR) is 60.2 cm³/mol. The highest BCUT2D eigenvalue weighted by Crippen LogP contribution is 2.18. The maximum atomic E-state index is 5.73. The van der Waals surface area contributed by atoms with Crippen LogP contribution in [0, 0.1) is 5.92 Å². The Kier molecular flexibility index (Phi) is 4.46. The molecule has 1 heterocycles. The summed E-state index contributed by atoms with van der Waals surface area (Å²) in [5.74, 6) is 1.77. The van der Waals surface area contributed by atoms with E-state index in [0.29, 0.717) is 12.0 Å². The summed E-state index contributed by atoms with van der Waals surface area (Å²) in [5, 5.41) is 0. The number of hydrogen-bond donors (Lipinski definition) is 0. The zero-order valence-corrected chi connectivity index (χ0v) is 9.92. The molecule has 0 saturated carbocycles. The molecule has 2 heteroatoms. The summed E-state index contributed by atoms with van der Waals surface area (Å²) < 4.78 is 5.73. The van der Waals surface area contributed by atoms with Crippen molar-refractivity contribution in [1.29, 1.82) is 0 Å².